The lowest BCUT2D eigenvalue weighted by atomic mass is 10.3. The summed E-state index contributed by atoms with van der Waals surface area (Å²) in [5, 5.41) is 11.3. The number of aliphatic carboxylic acids is 1. The molecule has 2 saturated heterocycles. The molecule has 0 aromatic carbocycles. The van der Waals surface area contributed by atoms with Crippen molar-refractivity contribution in [1.29, 1.82) is 0 Å². The van der Waals surface area contributed by atoms with Crippen LogP contribution in [0, 0.1) is 0 Å². The van der Waals surface area contributed by atoms with Crippen molar-refractivity contribution in [3.05, 3.63) is 0 Å². The summed E-state index contributed by atoms with van der Waals surface area (Å²) < 4.78 is 0. The van der Waals surface area contributed by atoms with E-state index in [0.29, 0.717) is 0 Å². The lowest BCUT2D eigenvalue weighted by Crippen LogP contribution is -2.45. The summed E-state index contributed by atoms with van der Waals surface area (Å²) in [7, 11) is 3.20. The van der Waals surface area contributed by atoms with Crippen LogP contribution in [-0.2, 0) is 4.79 Å². The van der Waals surface area contributed by atoms with E-state index < -0.39 is 18.3 Å². The Kier molecular flexibility index (Phi) is 2.56. The topological polar surface area (TPSA) is 93.2 Å². The normalized spacial score (nSPS) is 27.5. The number of carbonyl (C=O) groups excluding carboxylic acids is 2. The molecule has 94 valence electrons. The van der Waals surface area contributed by atoms with Crippen LogP contribution in [0.25, 0.3) is 0 Å². The molecule has 2 aliphatic heterocycles. The number of nitrogens with one attached hydrogen (secondary N) is 1. The molecule has 4 amide bonds. The summed E-state index contributed by atoms with van der Waals surface area (Å²) in [6, 6.07) is -0.534. The first-order chi connectivity index (χ1) is 7.93. The van der Waals surface area contributed by atoms with Gasteiger partial charge in [0.15, 0.2) is 0 Å². The van der Waals surface area contributed by atoms with Crippen molar-refractivity contribution in [2.24, 2.45) is 0 Å². The van der Waals surface area contributed by atoms with Crippen molar-refractivity contribution in [3.63, 3.8) is 0 Å². The molecule has 17 heavy (non-hydrogen) atoms. The first kappa shape index (κ1) is 11.5. The maximum absolute atomic E-state index is 11.7. The number of rotatable bonds is 3. The van der Waals surface area contributed by atoms with Gasteiger partial charge in [-0.3, -0.25) is 9.69 Å². The Morgan fingerprint density at radius 1 is 1.35 bits per heavy atom. The van der Waals surface area contributed by atoms with Gasteiger partial charge in [0.2, 0.25) is 0 Å². The number of hydrogen-bond donors (Lipinski definition) is 2. The molecule has 2 aliphatic rings. The van der Waals surface area contributed by atoms with Crippen LogP contribution in [0.1, 0.15) is 6.42 Å². The number of amides is 4. The molecule has 0 radical (unpaired) electrons. The fourth-order valence-corrected chi connectivity index (χ4v) is 2.22. The third-order valence-corrected chi connectivity index (χ3v) is 3.12. The smallest absolute Gasteiger partial charge is 0.323 e. The largest absolute Gasteiger partial charge is 0.481 e. The molecule has 2 fully saturated rings. The van der Waals surface area contributed by atoms with Crippen molar-refractivity contribution in [2.45, 2.75) is 18.8 Å². The third-order valence-electron chi connectivity index (χ3n) is 3.12. The Morgan fingerprint density at radius 2 is 2.00 bits per heavy atom. The molecule has 2 N–H and O–H groups in total. The van der Waals surface area contributed by atoms with E-state index in [1.807, 2.05) is 0 Å². The predicted octanol–water partition coefficient (Wildman–Crippen LogP) is -0.864. The van der Waals surface area contributed by atoms with Gasteiger partial charge < -0.3 is 20.2 Å². The van der Waals surface area contributed by atoms with Gasteiger partial charge in [-0.15, -0.1) is 0 Å². The van der Waals surface area contributed by atoms with Gasteiger partial charge in [-0.2, -0.15) is 0 Å². The van der Waals surface area contributed by atoms with E-state index in [1.165, 1.54) is 14.7 Å². The van der Waals surface area contributed by atoms with Crippen molar-refractivity contribution in [1.82, 2.24) is 20.0 Å². The van der Waals surface area contributed by atoms with E-state index in [0.717, 1.165) is 0 Å². The second kappa shape index (κ2) is 3.79. The fraction of sp³-hybridized carbons (Fsp3) is 0.667. The van der Waals surface area contributed by atoms with Crippen LogP contribution in [0.3, 0.4) is 0 Å². The summed E-state index contributed by atoms with van der Waals surface area (Å²) >= 11 is 0. The second-order valence-corrected chi connectivity index (χ2v) is 4.15. The summed E-state index contributed by atoms with van der Waals surface area (Å²) in [4.78, 5) is 38.1. The Hall–Kier alpha value is -1.99. The SMILES string of the molecule is CN1C(=O)N(C)[C@@H]2[C@H]1NC(=O)N2CCC(=O)O. The minimum Gasteiger partial charge on any atom is -0.481 e. The summed E-state index contributed by atoms with van der Waals surface area (Å²) in [6.45, 7) is 0.0911. The van der Waals surface area contributed by atoms with Crippen molar-refractivity contribution in [2.75, 3.05) is 20.6 Å². The van der Waals surface area contributed by atoms with Gasteiger partial charge >= 0.3 is 18.0 Å². The quantitative estimate of drug-likeness (QED) is 0.673. The number of hydrogen-bond acceptors (Lipinski definition) is 3. The van der Waals surface area contributed by atoms with Gasteiger partial charge in [-0.05, 0) is 0 Å². The summed E-state index contributed by atoms with van der Waals surface area (Å²) in [6.07, 6.45) is -0.976. The number of likely N-dealkylation sites (N-methyl/N-ethyl adjacent to an activating group) is 2. The Balaban J connectivity index is 2.15. The van der Waals surface area contributed by atoms with Gasteiger partial charge in [0, 0.05) is 20.6 Å². The molecule has 8 heteroatoms. The van der Waals surface area contributed by atoms with E-state index in [4.69, 9.17) is 5.11 Å². The summed E-state index contributed by atoms with van der Waals surface area (Å²) in [5.41, 5.74) is 0. The predicted molar refractivity (Wildman–Crippen MR) is 56.0 cm³/mol. The molecule has 0 saturated carbocycles. The molecule has 0 unspecified atom stereocenters. The minimum absolute atomic E-state index is 0.0911. The van der Waals surface area contributed by atoms with E-state index >= 15 is 0 Å². The van der Waals surface area contributed by atoms with Crippen LogP contribution in [0.5, 0.6) is 0 Å². The average molecular weight is 242 g/mol. The first-order valence-corrected chi connectivity index (χ1v) is 5.22. The van der Waals surface area contributed by atoms with Crippen LogP contribution < -0.4 is 5.32 Å². The molecule has 8 nitrogen and oxygen atoms in total. The lowest BCUT2D eigenvalue weighted by Gasteiger charge is -2.25. The standard InChI is InChI=1S/C9H14N4O4/c1-11-6-7(12(2)9(11)17)13(8(16)10-6)4-3-5(14)15/h6-7H,3-4H2,1-2H3,(H,10,16)(H,14,15)/t6-,7-/m0/s1. The molecular formula is C9H14N4O4. The number of urea groups is 2. The zero-order chi connectivity index (χ0) is 12.7. The zero-order valence-corrected chi connectivity index (χ0v) is 9.58. The maximum atomic E-state index is 11.7. The maximum Gasteiger partial charge on any atom is 0.323 e. The molecule has 0 aromatic rings. The molecule has 2 rings (SSSR count). The van der Waals surface area contributed by atoms with E-state index in [2.05, 4.69) is 5.32 Å². The Morgan fingerprint density at radius 3 is 2.59 bits per heavy atom. The van der Waals surface area contributed by atoms with Crippen LogP contribution in [-0.4, -0.2) is 70.8 Å². The van der Waals surface area contributed by atoms with Crippen LogP contribution in [0.15, 0.2) is 0 Å². The monoisotopic (exact) mass is 242 g/mol. The number of fused-ring (bicyclic) bond motifs is 1. The van der Waals surface area contributed by atoms with Gasteiger partial charge in [0.25, 0.3) is 0 Å². The number of carbonyl (C=O) groups is 3. The van der Waals surface area contributed by atoms with E-state index in [1.54, 1.807) is 14.1 Å². The minimum atomic E-state index is -0.971. The molecule has 2 atom stereocenters. The van der Waals surface area contributed by atoms with Gasteiger partial charge in [0.05, 0.1) is 6.42 Å². The van der Waals surface area contributed by atoms with Crippen LogP contribution in [0.2, 0.25) is 0 Å². The Bertz CT molecular complexity index is 385. The van der Waals surface area contributed by atoms with Crippen LogP contribution >= 0.6 is 0 Å². The van der Waals surface area contributed by atoms with Crippen LogP contribution in [0.4, 0.5) is 9.59 Å². The van der Waals surface area contributed by atoms with Crippen molar-refractivity contribution in [3.8, 4) is 0 Å². The highest BCUT2D eigenvalue weighted by Crippen LogP contribution is 2.26. The van der Waals surface area contributed by atoms with Gasteiger partial charge in [-0.1, -0.05) is 0 Å². The van der Waals surface area contributed by atoms with Crippen molar-refractivity contribution >= 4 is 18.0 Å². The molecule has 0 spiro atoms. The lowest BCUT2D eigenvalue weighted by molar-refractivity contribution is -0.137. The molecule has 0 bridgehead atoms. The highest BCUT2D eigenvalue weighted by Gasteiger charge is 2.52. The van der Waals surface area contributed by atoms with E-state index in [-0.39, 0.29) is 25.0 Å². The highest BCUT2D eigenvalue weighted by atomic mass is 16.4. The molecule has 2 heterocycles. The second-order valence-electron chi connectivity index (χ2n) is 4.15. The number of nitrogens with zero attached hydrogens (tertiary/aromatic N) is 3. The molecule has 0 aliphatic carbocycles. The van der Waals surface area contributed by atoms with E-state index in [9.17, 15) is 14.4 Å². The zero-order valence-electron chi connectivity index (χ0n) is 9.58. The third kappa shape index (κ3) is 1.65. The van der Waals surface area contributed by atoms with Gasteiger partial charge in [0.1, 0.15) is 12.3 Å². The summed E-state index contributed by atoms with van der Waals surface area (Å²) in [5.74, 6) is -0.971. The number of carboxylic acids is 1. The molecule has 0 aromatic heterocycles. The molecular weight excluding hydrogens is 228 g/mol. The van der Waals surface area contributed by atoms with Crippen molar-refractivity contribution < 1.29 is 19.5 Å². The highest BCUT2D eigenvalue weighted by molar-refractivity contribution is 5.85. The fourth-order valence-electron chi connectivity index (χ4n) is 2.22. The van der Waals surface area contributed by atoms with Gasteiger partial charge in [-0.25, -0.2) is 9.59 Å². The average Bonchev–Trinajstić information content (AvgIpc) is 2.68. The Labute approximate surface area is 97.8 Å². The first-order valence-electron chi connectivity index (χ1n) is 5.22. The number of carboxylic acid groups (broad SMARTS) is 1.